The van der Waals surface area contributed by atoms with Gasteiger partial charge in [0.15, 0.2) is 6.10 Å². The second kappa shape index (κ2) is 5.12. The van der Waals surface area contributed by atoms with Gasteiger partial charge in [-0.15, -0.1) is 6.42 Å². The zero-order valence-corrected chi connectivity index (χ0v) is 12.5. The quantitative estimate of drug-likeness (QED) is 0.830. The van der Waals surface area contributed by atoms with E-state index in [1.165, 1.54) is 12.8 Å². The van der Waals surface area contributed by atoms with Gasteiger partial charge in [-0.05, 0) is 46.8 Å². The molecule has 1 aromatic carbocycles. The van der Waals surface area contributed by atoms with Gasteiger partial charge in [0.1, 0.15) is 0 Å². The van der Waals surface area contributed by atoms with E-state index in [-0.39, 0.29) is 5.91 Å². The average Bonchev–Trinajstić information content (AvgIpc) is 3.18. The molecule has 0 bridgehead atoms. The lowest BCUT2D eigenvalue weighted by molar-refractivity contribution is -0.123. The van der Waals surface area contributed by atoms with E-state index in [0.717, 1.165) is 16.7 Å². The third-order valence-corrected chi connectivity index (χ3v) is 4.35. The Balaban J connectivity index is 1.94. The molecular weight excluding hydrogens is 320 g/mol. The van der Waals surface area contributed by atoms with Crippen LogP contribution in [0.25, 0.3) is 0 Å². The number of aliphatic hydroxyl groups is 1. The van der Waals surface area contributed by atoms with Gasteiger partial charge in [0.25, 0.3) is 5.91 Å². The lowest BCUT2D eigenvalue weighted by Gasteiger charge is -2.24. The minimum atomic E-state index is -1.08. The Morgan fingerprint density at radius 3 is 2.90 bits per heavy atom. The van der Waals surface area contributed by atoms with Crippen molar-refractivity contribution < 1.29 is 9.90 Å². The van der Waals surface area contributed by atoms with Crippen molar-refractivity contribution in [1.29, 1.82) is 0 Å². The molecule has 1 aliphatic heterocycles. The molecule has 1 fully saturated rings. The molecule has 1 aliphatic carbocycles. The van der Waals surface area contributed by atoms with Crippen molar-refractivity contribution in [2.24, 2.45) is 5.92 Å². The Morgan fingerprint density at radius 1 is 1.50 bits per heavy atom. The molecule has 1 atom stereocenters. The van der Waals surface area contributed by atoms with E-state index in [2.05, 4.69) is 32.1 Å². The number of hydrogen-bond acceptors (Lipinski definition) is 3. The van der Waals surface area contributed by atoms with Gasteiger partial charge in [0.05, 0.1) is 12.2 Å². The first-order valence-corrected chi connectivity index (χ1v) is 7.40. The molecule has 0 aromatic heterocycles. The van der Waals surface area contributed by atoms with Gasteiger partial charge >= 0.3 is 0 Å². The van der Waals surface area contributed by atoms with Crippen LogP contribution in [0.1, 0.15) is 24.5 Å². The van der Waals surface area contributed by atoms with E-state index in [4.69, 9.17) is 6.42 Å². The van der Waals surface area contributed by atoms with Crippen LogP contribution in [-0.2, 0) is 4.79 Å². The molecule has 1 heterocycles. The maximum atomic E-state index is 11.5. The zero-order valence-electron chi connectivity index (χ0n) is 10.9. The van der Waals surface area contributed by atoms with Crippen molar-refractivity contribution in [3.8, 4) is 12.3 Å². The molecule has 0 saturated heterocycles. The highest BCUT2D eigenvalue weighted by molar-refractivity contribution is 9.10. The average molecular weight is 335 g/mol. The van der Waals surface area contributed by atoms with E-state index >= 15 is 0 Å². The summed E-state index contributed by atoms with van der Waals surface area (Å²) in [5.74, 6) is 3.01. The van der Waals surface area contributed by atoms with Gasteiger partial charge in [-0.1, -0.05) is 5.92 Å². The topological polar surface area (TPSA) is 52.6 Å². The number of aliphatic hydroxyl groups excluding tert-OH is 1. The molecule has 20 heavy (non-hydrogen) atoms. The van der Waals surface area contributed by atoms with Crippen LogP contribution in [0, 0.1) is 18.3 Å². The Labute approximate surface area is 126 Å². The number of carbonyl (C=O) groups is 1. The predicted molar refractivity (Wildman–Crippen MR) is 81.5 cm³/mol. The summed E-state index contributed by atoms with van der Waals surface area (Å²) in [5.41, 5.74) is 2.24. The number of nitrogens with one attached hydrogen (secondary N) is 1. The third-order valence-electron chi connectivity index (χ3n) is 3.72. The Hall–Kier alpha value is -1.51. The first-order valence-electron chi connectivity index (χ1n) is 6.61. The van der Waals surface area contributed by atoms with Gasteiger partial charge in [-0.3, -0.25) is 4.79 Å². The first kappa shape index (κ1) is 13.5. The molecular formula is C15H15BrN2O2. The molecule has 0 radical (unpaired) electrons. The van der Waals surface area contributed by atoms with Gasteiger partial charge < -0.3 is 15.3 Å². The van der Waals surface area contributed by atoms with E-state index in [1.807, 2.05) is 6.07 Å². The summed E-state index contributed by atoms with van der Waals surface area (Å²) in [6.45, 7) is 1.46. The summed E-state index contributed by atoms with van der Waals surface area (Å²) < 4.78 is 0.850. The summed E-state index contributed by atoms with van der Waals surface area (Å²) in [4.78, 5) is 13.7. The van der Waals surface area contributed by atoms with Crippen molar-refractivity contribution >= 4 is 33.2 Å². The minimum absolute atomic E-state index is 0.380. The van der Waals surface area contributed by atoms with Gasteiger partial charge in [-0.2, -0.15) is 0 Å². The largest absolute Gasteiger partial charge is 0.378 e. The molecule has 3 rings (SSSR count). The Morgan fingerprint density at radius 2 is 2.25 bits per heavy atom. The molecule has 2 aliphatic rings. The van der Waals surface area contributed by atoms with Crippen molar-refractivity contribution in [1.82, 2.24) is 0 Å². The second-order valence-electron chi connectivity index (χ2n) is 5.31. The summed E-state index contributed by atoms with van der Waals surface area (Å²) in [7, 11) is 0. The normalized spacial score (nSPS) is 20.2. The molecule has 4 nitrogen and oxygen atoms in total. The van der Waals surface area contributed by atoms with Crippen LogP contribution < -0.4 is 10.2 Å². The van der Waals surface area contributed by atoms with E-state index in [0.29, 0.717) is 23.7 Å². The van der Waals surface area contributed by atoms with Gasteiger partial charge in [0, 0.05) is 22.3 Å². The monoisotopic (exact) mass is 334 g/mol. The van der Waals surface area contributed by atoms with Crippen LogP contribution in [-0.4, -0.2) is 24.1 Å². The van der Waals surface area contributed by atoms with Gasteiger partial charge in [0.2, 0.25) is 0 Å². The van der Waals surface area contributed by atoms with E-state index in [1.54, 1.807) is 6.07 Å². The van der Waals surface area contributed by atoms with Crippen LogP contribution in [0.2, 0.25) is 0 Å². The highest BCUT2D eigenvalue weighted by Crippen LogP contribution is 2.40. The number of carbonyl (C=O) groups excluding carboxylic acids is 1. The highest BCUT2D eigenvalue weighted by atomic mass is 79.9. The van der Waals surface area contributed by atoms with Gasteiger partial charge in [-0.25, -0.2) is 0 Å². The number of rotatable bonds is 4. The number of halogens is 1. The summed E-state index contributed by atoms with van der Waals surface area (Å²) in [6, 6.07) is 3.68. The third kappa shape index (κ3) is 2.41. The number of amides is 1. The van der Waals surface area contributed by atoms with E-state index in [9.17, 15) is 9.90 Å². The molecule has 1 amide bonds. The lowest BCUT2D eigenvalue weighted by Crippen LogP contribution is -2.26. The Kier molecular flexibility index (Phi) is 3.45. The molecule has 104 valence electrons. The van der Waals surface area contributed by atoms with Crippen LogP contribution >= 0.6 is 15.9 Å². The first-order chi connectivity index (χ1) is 9.60. The number of terminal acetylenes is 1. The SMILES string of the molecule is C#CCN(CC1CC1)c1cc2c(cc1Br)C(O)C(=O)N2. The molecule has 5 heteroatoms. The van der Waals surface area contributed by atoms with Crippen LogP contribution in [0.5, 0.6) is 0 Å². The fraction of sp³-hybridized carbons (Fsp3) is 0.400. The van der Waals surface area contributed by atoms with Crippen molar-refractivity contribution in [3.05, 3.63) is 22.2 Å². The number of nitrogens with zero attached hydrogens (tertiary/aromatic N) is 1. The van der Waals surface area contributed by atoms with Crippen LogP contribution in [0.4, 0.5) is 11.4 Å². The van der Waals surface area contributed by atoms with Crippen LogP contribution in [0.3, 0.4) is 0 Å². The summed E-state index contributed by atoms with van der Waals surface area (Å²) in [5, 5.41) is 12.5. The number of fused-ring (bicyclic) bond motifs is 1. The number of hydrogen-bond donors (Lipinski definition) is 2. The zero-order chi connectivity index (χ0) is 14.3. The van der Waals surface area contributed by atoms with Crippen molar-refractivity contribution in [2.75, 3.05) is 23.3 Å². The van der Waals surface area contributed by atoms with Crippen molar-refractivity contribution in [2.45, 2.75) is 18.9 Å². The number of anilines is 2. The maximum absolute atomic E-state index is 11.5. The highest BCUT2D eigenvalue weighted by Gasteiger charge is 2.31. The standard InChI is InChI=1S/C15H15BrN2O2/c1-2-5-18(8-9-3-4-9)13-7-12-10(6-11(13)16)14(19)15(20)17-12/h1,6-7,9,14,19H,3-5,8H2,(H,17,20). The second-order valence-corrected chi connectivity index (χ2v) is 6.17. The van der Waals surface area contributed by atoms with E-state index < -0.39 is 6.10 Å². The fourth-order valence-electron chi connectivity index (χ4n) is 2.47. The predicted octanol–water partition coefficient (Wildman–Crippen LogP) is 2.28. The molecule has 0 spiro atoms. The summed E-state index contributed by atoms with van der Waals surface area (Å²) in [6.07, 6.45) is 6.87. The maximum Gasteiger partial charge on any atom is 0.257 e. The fourth-order valence-corrected chi connectivity index (χ4v) is 3.08. The minimum Gasteiger partial charge on any atom is -0.378 e. The smallest absolute Gasteiger partial charge is 0.257 e. The molecule has 1 unspecified atom stereocenters. The lowest BCUT2D eigenvalue weighted by atomic mass is 10.1. The number of benzene rings is 1. The van der Waals surface area contributed by atoms with Crippen molar-refractivity contribution in [3.63, 3.8) is 0 Å². The molecule has 1 aromatic rings. The Bertz CT molecular complexity index is 605. The molecule has 1 saturated carbocycles. The van der Waals surface area contributed by atoms with Crippen LogP contribution in [0.15, 0.2) is 16.6 Å². The summed E-state index contributed by atoms with van der Waals surface area (Å²) >= 11 is 3.52. The molecule has 2 N–H and O–H groups in total.